The molecule has 134 valence electrons. The highest BCUT2D eigenvalue weighted by Crippen LogP contribution is 2.34. The van der Waals surface area contributed by atoms with Crippen LogP contribution in [0, 0.1) is 14.9 Å². The van der Waals surface area contributed by atoms with E-state index < -0.39 is 5.91 Å². The molecule has 0 heterocycles. The maximum atomic E-state index is 12.3. The number of halogens is 1. The number of nitrogens with zero attached hydrogens (tertiary/aromatic N) is 1. The van der Waals surface area contributed by atoms with Crippen molar-refractivity contribution in [2.24, 2.45) is 0 Å². The lowest BCUT2D eigenvalue weighted by molar-refractivity contribution is -0.112. The molecule has 1 N–H and O–H groups in total. The molecule has 2 aromatic carbocycles. The molecule has 0 aliphatic heterocycles. The second-order valence-corrected chi connectivity index (χ2v) is 6.53. The summed E-state index contributed by atoms with van der Waals surface area (Å²) in [5.41, 5.74) is 1.33. The van der Waals surface area contributed by atoms with E-state index in [-0.39, 0.29) is 5.57 Å². The molecule has 0 fully saturated rings. The summed E-state index contributed by atoms with van der Waals surface area (Å²) in [6, 6.07) is 14.6. The minimum Gasteiger partial charge on any atom is -0.493 e. The number of amides is 1. The summed E-state index contributed by atoms with van der Waals surface area (Å²) in [5.74, 6) is 0.774. The number of para-hydroxylation sites is 1. The van der Waals surface area contributed by atoms with E-state index in [1.807, 2.05) is 37.3 Å². The number of carbonyl (C=O) groups is 1. The van der Waals surface area contributed by atoms with E-state index in [4.69, 9.17) is 9.47 Å². The molecular formula is C20H19IN2O3. The molecule has 0 atom stereocenters. The van der Waals surface area contributed by atoms with Gasteiger partial charge in [0.15, 0.2) is 11.5 Å². The van der Waals surface area contributed by atoms with Gasteiger partial charge in [0.25, 0.3) is 5.91 Å². The molecule has 1 amide bonds. The van der Waals surface area contributed by atoms with E-state index >= 15 is 0 Å². The summed E-state index contributed by atoms with van der Waals surface area (Å²) >= 11 is 2.15. The van der Waals surface area contributed by atoms with Crippen LogP contribution < -0.4 is 14.8 Å². The highest BCUT2D eigenvalue weighted by Gasteiger charge is 2.13. The minimum atomic E-state index is -0.459. The molecular weight excluding hydrogens is 443 g/mol. The Balaban J connectivity index is 2.29. The Morgan fingerprint density at radius 3 is 2.65 bits per heavy atom. The quantitative estimate of drug-likeness (QED) is 0.370. The Morgan fingerprint density at radius 1 is 1.31 bits per heavy atom. The lowest BCUT2D eigenvalue weighted by Gasteiger charge is -2.13. The monoisotopic (exact) mass is 462 g/mol. The van der Waals surface area contributed by atoms with Gasteiger partial charge in [-0.3, -0.25) is 4.79 Å². The molecule has 0 unspecified atom stereocenters. The molecule has 2 aromatic rings. The first-order chi connectivity index (χ1) is 12.6. The van der Waals surface area contributed by atoms with Crippen LogP contribution in [-0.4, -0.2) is 19.6 Å². The predicted molar refractivity (Wildman–Crippen MR) is 110 cm³/mol. The molecule has 0 radical (unpaired) electrons. The van der Waals surface area contributed by atoms with Crippen LogP contribution >= 0.6 is 22.6 Å². The van der Waals surface area contributed by atoms with Crippen molar-refractivity contribution in [3.05, 3.63) is 57.2 Å². The molecule has 0 bridgehead atoms. The van der Waals surface area contributed by atoms with Crippen molar-refractivity contribution in [3.63, 3.8) is 0 Å². The van der Waals surface area contributed by atoms with Crippen molar-refractivity contribution in [1.29, 1.82) is 5.26 Å². The highest BCUT2D eigenvalue weighted by molar-refractivity contribution is 14.1. The van der Waals surface area contributed by atoms with Gasteiger partial charge < -0.3 is 14.8 Å². The number of benzene rings is 2. The van der Waals surface area contributed by atoms with Crippen LogP contribution in [0.3, 0.4) is 0 Å². The SMILES string of the molecule is CCCOc1c(I)cc(/C=C(/C#N)C(=O)Nc2ccccc2)cc1OC. The third kappa shape index (κ3) is 5.23. The van der Waals surface area contributed by atoms with Crippen LogP contribution in [0.1, 0.15) is 18.9 Å². The number of nitriles is 1. The van der Waals surface area contributed by atoms with Crippen molar-refractivity contribution in [3.8, 4) is 17.6 Å². The average Bonchev–Trinajstić information content (AvgIpc) is 2.65. The van der Waals surface area contributed by atoms with Crippen molar-refractivity contribution in [1.82, 2.24) is 0 Å². The minimum absolute atomic E-state index is 0.00827. The largest absolute Gasteiger partial charge is 0.493 e. The van der Waals surface area contributed by atoms with Crippen molar-refractivity contribution >= 4 is 40.3 Å². The zero-order valence-corrected chi connectivity index (χ0v) is 16.7. The third-order valence-electron chi connectivity index (χ3n) is 3.41. The van der Waals surface area contributed by atoms with Gasteiger partial charge in [-0.25, -0.2) is 0 Å². The second-order valence-electron chi connectivity index (χ2n) is 5.37. The van der Waals surface area contributed by atoms with Crippen LogP contribution in [0.4, 0.5) is 5.69 Å². The maximum absolute atomic E-state index is 12.3. The second kappa shape index (κ2) is 9.82. The summed E-state index contributed by atoms with van der Waals surface area (Å²) in [6.45, 7) is 2.62. The number of carbonyl (C=O) groups excluding carboxylic acids is 1. The number of hydrogen-bond acceptors (Lipinski definition) is 4. The molecule has 2 rings (SSSR count). The van der Waals surface area contributed by atoms with Gasteiger partial charge in [-0.2, -0.15) is 5.26 Å². The number of rotatable bonds is 7. The average molecular weight is 462 g/mol. The van der Waals surface area contributed by atoms with Gasteiger partial charge in [-0.1, -0.05) is 25.1 Å². The Bertz CT molecular complexity index is 842. The van der Waals surface area contributed by atoms with Gasteiger partial charge in [-0.15, -0.1) is 0 Å². The molecule has 0 aliphatic rings. The van der Waals surface area contributed by atoms with Gasteiger partial charge in [-0.05, 0) is 64.9 Å². The van der Waals surface area contributed by atoms with E-state index in [2.05, 4.69) is 27.9 Å². The number of hydrogen-bond donors (Lipinski definition) is 1. The summed E-state index contributed by atoms with van der Waals surface area (Å²) in [4.78, 5) is 12.3. The Kier molecular flexibility index (Phi) is 7.48. The normalized spacial score (nSPS) is 10.8. The lowest BCUT2D eigenvalue weighted by atomic mass is 10.1. The van der Waals surface area contributed by atoms with E-state index in [9.17, 15) is 10.1 Å². The van der Waals surface area contributed by atoms with E-state index in [1.165, 1.54) is 6.08 Å². The van der Waals surface area contributed by atoms with Crippen molar-refractivity contribution in [2.45, 2.75) is 13.3 Å². The number of methoxy groups -OCH3 is 1. The fourth-order valence-electron chi connectivity index (χ4n) is 2.20. The fourth-order valence-corrected chi connectivity index (χ4v) is 2.98. The van der Waals surface area contributed by atoms with E-state index in [1.54, 1.807) is 25.3 Å². The van der Waals surface area contributed by atoms with Crippen LogP contribution in [0.5, 0.6) is 11.5 Å². The zero-order valence-electron chi connectivity index (χ0n) is 14.6. The van der Waals surface area contributed by atoms with Crippen LogP contribution in [-0.2, 0) is 4.79 Å². The van der Waals surface area contributed by atoms with Gasteiger partial charge in [0.05, 0.1) is 17.3 Å². The van der Waals surface area contributed by atoms with Gasteiger partial charge in [0.1, 0.15) is 11.6 Å². The van der Waals surface area contributed by atoms with Crippen LogP contribution in [0.2, 0.25) is 0 Å². The molecule has 26 heavy (non-hydrogen) atoms. The molecule has 5 nitrogen and oxygen atoms in total. The number of nitrogens with one attached hydrogen (secondary N) is 1. The number of ether oxygens (including phenoxy) is 2. The molecule has 0 aliphatic carbocycles. The van der Waals surface area contributed by atoms with Crippen LogP contribution in [0.25, 0.3) is 6.08 Å². The van der Waals surface area contributed by atoms with Crippen molar-refractivity contribution in [2.75, 3.05) is 19.0 Å². The Morgan fingerprint density at radius 2 is 2.04 bits per heavy atom. The predicted octanol–water partition coefficient (Wildman–Crippen LogP) is 4.63. The van der Waals surface area contributed by atoms with E-state index in [0.717, 1.165) is 9.99 Å². The fraction of sp³-hybridized carbons (Fsp3) is 0.200. The van der Waals surface area contributed by atoms with Gasteiger partial charge in [0, 0.05) is 5.69 Å². The van der Waals surface area contributed by atoms with Crippen molar-refractivity contribution < 1.29 is 14.3 Å². The van der Waals surface area contributed by atoms with Gasteiger partial charge >= 0.3 is 0 Å². The zero-order chi connectivity index (χ0) is 18.9. The molecule has 0 aromatic heterocycles. The standard InChI is InChI=1S/C20H19IN2O3/c1-3-9-26-19-17(21)11-14(12-18(19)25-2)10-15(13-22)20(24)23-16-7-5-4-6-8-16/h4-8,10-12H,3,9H2,1-2H3,(H,23,24)/b15-10-. The Labute approximate surface area is 166 Å². The molecule has 0 saturated carbocycles. The van der Waals surface area contributed by atoms with Gasteiger partial charge in [0.2, 0.25) is 0 Å². The van der Waals surface area contributed by atoms with E-state index in [0.29, 0.717) is 29.4 Å². The maximum Gasteiger partial charge on any atom is 0.266 e. The smallest absolute Gasteiger partial charge is 0.266 e. The summed E-state index contributed by atoms with van der Waals surface area (Å²) in [7, 11) is 1.56. The lowest BCUT2D eigenvalue weighted by Crippen LogP contribution is -2.13. The number of anilines is 1. The summed E-state index contributed by atoms with van der Waals surface area (Å²) < 4.78 is 12.0. The first-order valence-electron chi connectivity index (χ1n) is 8.07. The molecule has 0 saturated heterocycles. The van der Waals surface area contributed by atoms with Crippen LogP contribution in [0.15, 0.2) is 48.0 Å². The first-order valence-corrected chi connectivity index (χ1v) is 9.15. The first kappa shape index (κ1) is 19.8. The third-order valence-corrected chi connectivity index (χ3v) is 4.21. The Hall–Kier alpha value is -2.53. The summed E-state index contributed by atoms with van der Waals surface area (Å²) in [6.07, 6.45) is 2.42. The molecule has 6 heteroatoms. The topological polar surface area (TPSA) is 71.3 Å². The summed E-state index contributed by atoms with van der Waals surface area (Å²) in [5, 5.41) is 12.1. The molecule has 0 spiro atoms. The highest BCUT2D eigenvalue weighted by atomic mass is 127.